The summed E-state index contributed by atoms with van der Waals surface area (Å²) in [5, 5.41) is 12.7. The normalized spacial score (nSPS) is 21.1. The summed E-state index contributed by atoms with van der Waals surface area (Å²) in [6, 6.07) is 8.17. The van der Waals surface area contributed by atoms with Crippen molar-refractivity contribution in [2.45, 2.75) is 25.2 Å². The summed E-state index contributed by atoms with van der Waals surface area (Å²) in [6.07, 6.45) is 0.466. The minimum Gasteiger partial charge on any atom is -0.467 e. The standard InChI is InChI=1S/C18H19FN2O5/c1-18(12-4-6-13(19)7-5-12)16(23)21(17(24)20-18)9-14(22)10-25-11-15-3-2-8-26-15/h2-8,14,22H,9-11H2,1H3,(H,20,24)/t14-,18+/m0/s1. The monoisotopic (exact) mass is 362 g/mol. The number of amides is 3. The highest BCUT2D eigenvalue weighted by Crippen LogP contribution is 2.29. The van der Waals surface area contributed by atoms with Crippen LogP contribution in [0, 0.1) is 5.82 Å². The summed E-state index contributed by atoms with van der Waals surface area (Å²) in [6.45, 7) is 1.45. The molecule has 0 bridgehead atoms. The van der Waals surface area contributed by atoms with E-state index in [-0.39, 0.29) is 19.8 Å². The van der Waals surface area contributed by atoms with Crippen LogP contribution in [0.4, 0.5) is 9.18 Å². The van der Waals surface area contributed by atoms with Gasteiger partial charge in [-0.3, -0.25) is 9.69 Å². The Morgan fingerprint density at radius 2 is 2.04 bits per heavy atom. The Hall–Kier alpha value is -2.71. The van der Waals surface area contributed by atoms with Gasteiger partial charge in [0, 0.05) is 0 Å². The number of ether oxygens (including phenoxy) is 1. The quantitative estimate of drug-likeness (QED) is 0.733. The Morgan fingerprint density at radius 3 is 2.69 bits per heavy atom. The molecular formula is C18H19FN2O5. The second-order valence-corrected chi connectivity index (χ2v) is 6.23. The molecule has 2 N–H and O–H groups in total. The van der Waals surface area contributed by atoms with Gasteiger partial charge in [0.25, 0.3) is 5.91 Å². The van der Waals surface area contributed by atoms with E-state index in [2.05, 4.69) is 5.32 Å². The fourth-order valence-corrected chi connectivity index (χ4v) is 2.80. The van der Waals surface area contributed by atoms with E-state index >= 15 is 0 Å². The zero-order valence-corrected chi connectivity index (χ0v) is 14.1. The van der Waals surface area contributed by atoms with E-state index in [1.54, 1.807) is 19.1 Å². The average molecular weight is 362 g/mol. The molecule has 1 aliphatic heterocycles. The largest absolute Gasteiger partial charge is 0.467 e. The van der Waals surface area contributed by atoms with Gasteiger partial charge in [-0.1, -0.05) is 12.1 Å². The molecule has 2 atom stereocenters. The molecule has 138 valence electrons. The number of β-amino-alcohol motifs (C(OH)–C–C–N with tert-alkyl or cyclic N) is 1. The van der Waals surface area contributed by atoms with Gasteiger partial charge in [-0.2, -0.15) is 0 Å². The summed E-state index contributed by atoms with van der Waals surface area (Å²) in [4.78, 5) is 25.8. The first-order chi connectivity index (χ1) is 12.4. The summed E-state index contributed by atoms with van der Waals surface area (Å²) >= 11 is 0. The Labute approximate surface area is 149 Å². The van der Waals surface area contributed by atoms with Crippen molar-refractivity contribution in [3.63, 3.8) is 0 Å². The summed E-state index contributed by atoms with van der Waals surface area (Å²) in [7, 11) is 0. The van der Waals surface area contributed by atoms with E-state index in [4.69, 9.17) is 9.15 Å². The first-order valence-corrected chi connectivity index (χ1v) is 8.08. The fourth-order valence-electron chi connectivity index (χ4n) is 2.80. The molecule has 1 aromatic carbocycles. The topological polar surface area (TPSA) is 92.0 Å². The van der Waals surface area contributed by atoms with Gasteiger partial charge in [0.05, 0.1) is 25.5 Å². The van der Waals surface area contributed by atoms with E-state index in [9.17, 15) is 19.1 Å². The molecule has 1 saturated heterocycles. The number of benzene rings is 1. The maximum Gasteiger partial charge on any atom is 0.325 e. The zero-order valence-electron chi connectivity index (χ0n) is 14.1. The lowest BCUT2D eigenvalue weighted by Gasteiger charge is -2.23. The number of nitrogens with zero attached hydrogens (tertiary/aromatic N) is 1. The second-order valence-electron chi connectivity index (χ2n) is 6.23. The maximum atomic E-state index is 13.1. The fraction of sp³-hybridized carbons (Fsp3) is 0.333. The number of furan rings is 1. The van der Waals surface area contributed by atoms with Crippen molar-refractivity contribution in [2.75, 3.05) is 13.2 Å². The van der Waals surface area contributed by atoms with Gasteiger partial charge in [0.1, 0.15) is 23.7 Å². The van der Waals surface area contributed by atoms with Crippen molar-refractivity contribution in [1.29, 1.82) is 0 Å². The molecule has 0 radical (unpaired) electrons. The zero-order chi connectivity index (χ0) is 18.7. The second kappa shape index (κ2) is 7.27. The number of carbonyl (C=O) groups excluding carboxylic acids is 2. The Balaban J connectivity index is 1.60. The van der Waals surface area contributed by atoms with Gasteiger partial charge in [0.15, 0.2) is 0 Å². The number of urea groups is 1. The van der Waals surface area contributed by atoms with Crippen LogP contribution in [0.3, 0.4) is 0 Å². The lowest BCUT2D eigenvalue weighted by Crippen LogP contribution is -2.42. The van der Waals surface area contributed by atoms with E-state index in [1.165, 1.54) is 30.5 Å². The van der Waals surface area contributed by atoms with Crippen LogP contribution in [0.25, 0.3) is 0 Å². The number of rotatable bonds is 7. The lowest BCUT2D eigenvalue weighted by atomic mass is 9.92. The number of nitrogens with one attached hydrogen (secondary N) is 1. The number of hydrogen-bond acceptors (Lipinski definition) is 5. The van der Waals surface area contributed by atoms with Crippen LogP contribution in [-0.4, -0.2) is 41.2 Å². The van der Waals surface area contributed by atoms with Crippen molar-refractivity contribution >= 4 is 11.9 Å². The molecule has 2 aromatic rings. The molecule has 8 heteroatoms. The van der Waals surface area contributed by atoms with Crippen LogP contribution in [0.15, 0.2) is 47.1 Å². The SMILES string of the molecule is C[C@]1(c2ccc(F)cc2)NC(=O)N(C[C@H](O)COCc2ccco2)C1=O. The predicted octanol–water partition coefficient (Wildman–Crippen LogP) is 1.76. The molecule has 0 saturated carbocycles. The first-order valence-electron chi connectivity index (χ1n) is 8.08. The minimum atomic E-state index is -1.31. The molecule has 1 aromatic heterocycles. The third kappa shape index (κ3) is 3.61. The molecule has 26 heavy (non-hydrogen) atoms. The van der Waals surface area contributed by atoms with Crippen molar-refractivity contribution in [1.82, 2.24) is 10.2 Å². The van der Waals surface area contributed by atoms with Crippen LogP contribution in [0.1, 0.15) is 18.2 Å². The lowest BCUT2D eigenvalue weighted by molar-refractivity contribution is -0.132. The van der Waals surface area contributed by atoms with Gasteiger partial charge in [-0.05, 0) is 36.8 Å². The van der Waals surface area contributed by atoms with Crippen LogP contribution in [0.2, 0.25) is 0 Å². The molecule has 2 heterocycles. The third-order valence-corrected chi connectivity index (χ3v) is 4.22. The number of halogens is 1. The van der Waals surface area contributed by atoms with Crippen LogP contribution in [-0.2, 0) is 21.7 Å². The summed E-state index contributed by atoms with van der Waals surface area (Å²) in [5.41, 5.74) is -0.845. The molecule has 1 aliphatic rings. The third-order valence-electron chi connectivity index (χ3n) is 4.22. The highest BCUT2D eigenvalue weighted by atomic mass is 19.1. The van der Waals surface area contributed by atoms with Crippen molar-refractivity contribution < 1.29 is 28.2 Å². The summed E-state index contributed by atoms with van der Waals surface area (Å²) in [5.74, 6) is -0.342. The molecule has 0 spiro atoms. The van der Waals surface area contributed by atoms with Crippen molar-refractivity contribution in [3.8, 4) is 0 Å². The van der Waals surface area contributed by atoms with Crippen molar-refractivity contribution in [3.05, 3.63) is 59.8 Å². The van der Waals surface area contributed by atoms with E-state index < -0.39 is 29.4 Å². The Bertz CT molecular complexity index is 777. The van der Waals surface area contributed by atoms with E-state index in [1.807, 2.05) is 0 Å². The van der Waals surface area contributed by atoms with Gasteiger partial charge < -0.3 is 19.6 Å². The smallest absolute Gasteiger partial charge is 0.325 e. The predicted molar refractivity (Wildman–Crippen MR) is 88.4 cm³/mol. The maximum absolute atomic E-state index is 13.1. The van der Waals surface area contributed by atoms with E-state index in [0.717, 1.165) is 4.90 Å². The van der Waals surface area contributed by atoms with Gasteiger partial charge in [-0.15, -0.1) is 0 Å². The van der Waals surface area contributed by atoms with Crippen LogP contribution < -0.4 is 5.32 Å². The van der Waals surface area contributed by atoms with Crippen LogP contribution >= 0.6 is 0 Å². The molecule has 7 nitrogen and oxygen atoms in total. The number of imide groups is 1. The highest BCUT2D eigenvalue weighted by Gasteiger charge is 2.49. The van der Waals surface area contributed by atoms with Gasteiger partial charge >= 0.3 is 6.03 Å². The Kier molecular flexibility index (Phi) is 5.06. The molecule has 0 aliphatic carbocycles. The van der Waals surface area contributed by atoms with Crippen LogP contribution in [0.5, 0.6) is 0 Å². The number of carbonyl (C=O) groups is 2. The van der Waals surface area contributed by atoms with E-state index in [0.29, 0.717) is 11.3 Å². The molecule has 1 fully saturated rings. The number of aliphatic hydroxyl groups is 1. The first kappa shape index (κ1) is 18.1. The Morgan fingerprint density at radius 1 is 1.31 bits per heavy atom. The molecule has 0 unspecified atom stereocenters. The average Bonchev–Trinajstić information content (AvgIpc) is 3.19. The number of aliphatic hydroxyl groups excluding tert-OH is 1. The molecule has 3 rings (SSSR count). The number of hydrogen-bond donors (Lipinski definition) is 2. The van der Waals surface area contributed by atoms with Crippen molar-refractivity contribution in [2.24, 2.45) is 0 Å². The molecule has 3 amide bonds. The molecular weight excluding hydrogens is 343 g/mol. The summed E-state index contributed by atoms with van der Waals surface area (Å²) < 4.78 is 23.5. The van der Waals surface area contributed by atoms with Gasteiger partial charge in [0.2, 0.25) is 0 Å². The minimum absolute atomic E-state index is 0.0645. The van der Waals surface area contributed by atoms with Gasteiger partial charge in [-0.25, -0.2) is 9.18 Å². The highest BCUT2D eigenvalue weighted by molar-refractivity contribution is 6.07.